The zero-order valence-electron chi connectivity index (χ0n) is 15.0. The first-order chi connectivity index (χ1) is 12.9. The zero-order chi connectivity index (χ0) is 19.8. The fourth-order valence-corrected chi connectivity index (χ4v) is 2.62. The fourth-order valence-electron chi connectivity index (χ4n) is 2.42. The van der Waals surface area contributed by atoms with Crippen molar-refractivity contribution in [3.8, 4) is 11.5 Å². The molecule has 0 aromatic heterocycles. The molecule has 0 aliphatic carbocycles. The number of ether oxygens (including phenoxy) is 2. The average molecular weight is 399 g/mol. The van der Waals surface area contributed by atoms with Gasteiger partial charge in [0.15, 0.2) is 11.5 Å². The van der Waals surface area contributed by atoms with Crippen LogP contribution in [0.2, 0.25) is 5.02 Å². The Balaban J connectivity index is 1.84. The number of hydrogen-bond donors (Lipinski definition) is 2. The second kappa shape index (κ2) is 10.1. The number of halogens is 3. The summed E-state index contributed by atoms with van der Waals surface area (Å²) in [6.07, 6.45) is 0. The van der Waals surface area contributed by atoms with Crippen LogP contribution in [0.15, 0.2) is 42.5 Å². The van der Waals surface area contributed by atoms with Crippen molar-refractivity contribution in [2.24, 2.45) is 0 Å². The van der Waals surface area contributed by atoms with Gasteiger partial charge in [-0.25, -0.2) is 0 Å². The van der Waals surface area contributed by atoms with Crippen molar-refractivity contribution in [2.45, 2.75) is 26.1 Å². The average Bonchev–Trinajstić information content (AvgIpc) is 2.64. The minimum absolute atomic E-state index is 0.0414. The van der Waals surface area contributed by atoms with Crippen LogP contribution in [0.25, 0.3) is 0 Å². The molecule has 2 aromatic carbocycles. The van der Waals surface area contributed by atoms with Crippen molar-refractivity contribution in [1.29, 1.82) is 0 Å². The summed E-state index contributed by atoms with van der Waals surface area (Å²) < 4.78 is 34.1. The summed E-state index contributed by atoms with van der Waals surface area (Å²) in [7, 11) is 1.36. The molecule has 0 heterocycles. The van der Waals surface area contributed by atoms with Crippen molar-refractivity contribution in [3.63, 3.8) is 0 Å². The number of hydrogen-bond acceptors (Lipinski definition) is 4. The monoisotopic (exact) mass is 398 g/mol. The van der Waals surface area contributed by atoms with E-state index < -0.39 is 6.61 Å². The number of alkyl halides is 2. The first-order valence-electron chi connectivity index (χ1n) is 8.26. The molecule has 8 heteroatoms. The van der Waals surface area contributed by atoms with Gasteiger partial charge in [-0.15, -0.1) is 0 Å². The molecule has 0 fully saturated rings. The largest absolute Gasteiger partial charge is 0.493 e. The van der Waals surface area contributed by atoms with E-state index in [4.69, 9.17) is 16.3 Å². The van der Waals surface area contributed by atoms with E-state index in [9.17, 15) is 13.6 Å². The maximum absolute atomic E-state index is 12.3. The van der Waals surface area contributed by atoms with Gasteiger partial charge >= 0.3 is 6.61 Å². The Hall–Kier alpha value is -2.38. The van der Waals surface area contributed by atoms with Gasteiger partial charge in [0, 0.05) is 17.6 Å². The van der Waals surface area contributed by atoms with Crippen LogP contribution in [-0.4, -0.2) is 26.2 Å². The molecule has 0 bridgehead atoms. The third-order valence-electron chi connectivity index (χ3n) is 3.85. The first-order valence-corrected chi connectivity index (χ1v) is 8.64. The van der Waals surface area contributed by atoms with Crippen molar-refractivity contribution in [3.05, 3.63) is 58.6 Å². The first kappa shape index (κ1) is 20.9. The lowest BCUT2D eigenvalue weighted by molar-refractivity contribution is -0.120. The van der Waals surface area contributed by atoms with Gasteiger partial charge in [0.1, 0.15) is 0 Å². The van der Waals surface area contributed by atoms with Crippen molar-refractivity contribution >= 4 is 17.5 Å². The van der Waals surface area contributed by atoms with Crippen LogP contribution < -0.4 is 20.1 Å². The van der Waals surface area contributed by atoms with E-state index in [0.29, 0.717) is 10.6 Å². The van der Waals surface area contributed by atoms with Gasteiger partial charge in [-0.05, 0) is 42.3 Å². The number of rotatable bonds is 9. The maximum atomic E-state index is 12.3. The molecule has 1 amide bonds. The topological polar surface area (TPSA) is 59.6 Å². The van der Waals surface area contributed by atoms with Gasteiger partial charge in [0.05, 0.1) is 13.7 Å². The standard InChI is InChI=1S/C19H21ClF2N2O3/c1-12(14-4-3-5-15(20)9-14)23-11-18(25)24-10-13-6-7-16(27-19(21)22)17(8-13)26-2/h3-9,12,19,23H,10-11H2,1-2H3,(H,24,25)/t12-/m1/s1. The minimum atomic E-state index is -2.93. The Kier molecular flexibility index (Phi) is 7.82. The number of benzene rings is 2. The number of nitrogens with one attached hydrogen (secondary N) is 2. The van der Waals surface area contributed by atoms with Crippen LogP contribution in [0.3, 0.4) is 0 Å². The Morgan fingerprint density at radius 1 is 1.19 bits per heavy atom. The molecular formula is C19H21ClF2N2O3. The van der Waals surface area contributed by atoms with Gasteiger partial charge in [-0.3, -0.25) is 4.79 Å². The second-order valence-electron chi connectivity index (χ2n) is 5.80. The molecule has 5 nitrogen and oxygen atoms in total. The number of methoxy groups -OCH3 is 1. The second-order valence-corrected chi connectivity index (χ2v) is 6.23. The maximum Gasteiger partial charge on any atom is 0.387 e. The van der Waals surface area contributed by atoms with Gasteiger partial charge < -0.3 is 20.1 Å². The van der Waals surface area contributed by atoms with Crippen LogP contribution in [0, 0.1) is 0 Å². The van der Waals surface area contributed by atoms with Crippen molar-refractivity contribution in [2.75, 3.05) is 13.7 Å². The molecule has 2 N–H and O–H groups in total. The third kappa shape index (κ3) is 6.69. The van der Waals surface area contributed by atoms with Crippen LogP contribution in [-0.2, 0) is 11.3 Å². The molecule has 2 aromatic rings. The van der Waals surface area contributed by atoms with Crippen LogP contribution in [0.4, 0.5) is 8.78 Å². The SMILES string of the molecule is COc1cc(CNC(=O)CN[C@H](C)c2cccc(Cl)c2)ccc1OC(F)F. The Bertz CT molecular complexity index is 774. The predicted molar refractivity (Wildman–Crippen MR) is 99.3 cm³/mol. The van der Waals surface area contributed by atoms with E-state index in [0.717, 1.165) is 5.56 Å². The van der Waals surface area contributed by atoms with Crippen molar-refractivity contribution in [1.82, 2.24) is 10.6 Å². The number of carbonyl (C=O) groups is 1. The van der Waals surface area contributed by atoms with Crippen molar-refractivity contribution < 1.29 is 23.0 Å². The smallest absolute Gasteiger partial charge is 0.387 e. The van der Waals surface area contributed by atoms with E-state index in [1.165, 1.54) is 13.2 Å². The quantitative estimate of drug-likeness (QED) is 0.672. The van der Waals surface area contributed by atoms with Gasteiger partial charge in [0.2, 0.25) is 5.91 Å². The van der Waals surface area contributed by atoms with E-state index in [1.807, 2.05) is 25.1 Å². The summed E-state index contributed by atoms with van der Waals surface area (Å²) in [4.78, 5) is 12.0. The highest BCUT2D eigenvalue weighted by Crippen LogP contribution is 2.29. The Morgan fingerprint density at radius 2 is 1.96 bits per heavy atom. The summed E-state index contributed by atoms with van der Waals surface area (Å²) in [6.45, 7) is -0.641. The number of amides is 1. The molecule has 0 saturated carbocycles. The molecule has 0 radical (unpaired) electrons. The lowest BCUT2D eigenvalue weighted by Crippen LogP contribution is -2.34. The van der Waals surface area contributed by atoms with Crippen LogP contribution >= 0.6 is 11.6 Å². The molecule has 146 valence electrons. The highest BCUT2D eigenvalue weighted by Gasteiger charge is 2.12. The minimum Gasteiger partial charge on any atom is -0.493 e. The molecular weight excluding hydrogens is 378 g/mol. The van der Waals surface area contributed by atoms with E-state index in [1.54, 1.807) is 18.2 Å². The molecule has 0 unspecified atom stereocenters. The molecule has 0 saturated heterocycles. The molecule has 0 aliphatic rings. The lowest BCUT2D eigenvalue weighted by atomic mass is 10.1. The Labute approximate surface area is 161 Å². The van der Waals surface area contributed by atoms with E-state index >= 15 is 0 Å². The van der Waals surface area contributed by atoms with E-state index in [2.05, 4.69) is 15.4 Å². The fraction of sp³-hybridized carbons (Fsp3) is 0.316. The molecule has 0 spiro atoms. The van der Waals surface area contributed by atoms with Gasteiger partial charge in [-0.1, -0.05) is 29.8 Å². The summed E-state index contributed by atoms with van der Waals surface area (Å²) in [6, 6.07) is 11.9. The third-order valence-corrected chi connectivity index (χ3v) is 4.09. The summed E-state index contributed by atoms with van der Waals surface area (Å²) >= 11 is 5.96. The zero-order valence-corrected chi connectivity index (χ0v) is 15.7. The van der Waals surface area contributed by atoms with E-state index in [-0.39, 0.29) is 36.5 Å². The highest BCUT2D eigenvalue weighted by molar-refractivity contribution is 6.30. The Morgan fingerprint density at radius 3 is 2.63 bits per heavy atom. The summed E-state index contributed by atoms with van der Waals surface area (Å²) in [5.74, 6) is -0.0786. The van der Waals surface area contributed by atoms with Crippen LogP contribution in [0.5, 0.6) is 11.5 Å². The lowest BCUT2D eigenvalue weighted by Gasteiger charge is -2.15. The number of carbonyl (C=O) groups excluding carboxylic acids is 1. The molecule has 2 rings (SSSR count). The highest BCUT2D eigenvalue weighted by atomic mass is 35.5. The van der Waals surface area contributed by atoms with Crippen LogP contribution in [0.1, 0.15) is 24.1 Å². The molecule has 0 aliphatic heterocycles. The normalized spacial score (nSPS) is 11.9. The molecule has 1 atom stereocenters. The van der Waals surface area contributed by atoms with Gasteiger partial charge in [-0.2, -0.15) is 8.78 Å². The predicted octanol–water partition coefficient (Wildman–Crippen LogP) is 3.92. The summed E-state index contributed by atoms with van der Waals surface area (Å²) in [5, 5.41) is 6.51. The summed E-state index contributed by atoms with van der Waals surface area (Å²) in [5.41, 5.74) is 1.68. The van der Waals surface area contributed by atoms with Gasteiger partial charge in [0.25, 0.3) is 0 Å². The molecule has 27 heavy (non-hydrogen) atoms.